The summed E-state index contributed by atoms with van der Waals surface area (Å²) >= 11 is 0. The molecule has 1 aliphatic rings. The lowest BCUT2D eigenvalue weighted by molar-refractivity contribution is 0.0741. The Morgan fingerprint density at radius 3 is 2.45 bits per heavy atom. The van der Waals surface area contributed by atoms with Crippen molar-refractivity contribution in [3.63, 3.8) is 0 Å². The van der Waals surface area contributed by atoms with Crippen molar-refractivity contribution in [1.29, 1.82) is 0 Å². The number of anilines is 1. The number of nitrogens with one attached hydrogen (secondary N) is 1. The first-order valence-electron chi connectivity index (χ1n) is 6.68. The zero-order valence-electron chi connectivity index (χ0n) is 11.1. The van der Waals surface area contributed by atoms with Gasteiger partial charge in [-0.05, 0) is 24.3 Å². The van der Waals surface area contributed by atoms with Gasteiger partial charge >= 0.3 is 0 Å². The number of piperazine rings is 1. The molecule has 1 fully saturated rings. The molecule has 1 aromatic heterocycles. The summed E-state index contributed by atoms with van der Waals surface area (Å²) in [6.45, 7) is 2.50. The van der Waals surface area contributed by atoms with Gasteiger partial charge < -0.3 is 14.8 Å². The molecule has 0 radical (unpaired) electrons. The lowest BCUT2D eigenvalue weighted by atomic mass is 10.2. The fourth-order valence-corrected chi connectivity index (χ4v) is 2.49. The predicted molar refractivity (Wildman–Crippen MR) is 75.3 cm³/mol. The summed E-state index contributed by atoms with van der Waals surface area (Å²) in [7, 11) is 0. The quantitative estimate of drug-likeness (QED) is 0.910. The highest BCUT2D eigenvalue weighted by molar-refractivity contribution is 5.92. The maximum atomic E-state index is 13.7. The second kappa shape index (κ2) is 5.36. The van der Waals surface area contributed by atoms with E-state index in [1.54, 1.807) is 29.3 Å². The minimum atomic E-state index is -0.211. The van der Waals surface area contributed by atoms with Gasteiger partial charge in [0.1, 0.15) is 11.5 Å². The van der Waals surface area contributed by atoms with Crippen LogP contribution in [0.25, 0.3) is 0 Å². The predicted octanol–water partition coefficient (Wildman–Crippen LogP) is 2.12. The minimum Gasteiger partial charge on any atom is -0.366 e. The van der Waals surface area contributed by atoms with E-state index >= 15 is 0 Å². The Morgan fingerprint density at radius 1 is 1.05 bits per heavy atom. The molecule has 2 heterocycles. The van der Waals surface area contributed by atoms with E-state index in [9.17, 15) is 9.18 Å². The third-order valence-corrected chi connectivity index (χ3v) is 3.59. The number of nitrogens with zero attached hydrogens (tertiary/aromatic N) is 2. The van der Waals surface area contributed by atoms with Gasteiger partial charge in [-0.25, -0.2) is 4.39 Å². The number of rotatable bonds is 2. The van der Waals surface area contributed by atoms with Gasteiger partial charge in [-0.2, -0.15) is 0 Å². The maximum absolute atomic E-state index is 13.7. The fourth-order valence-electron chi connectivity index (χ4n) is 2.49. The van der Waals surface area contributed by atoms with Crippen LogP contribution in [0.1, 0.15) is 10.5 Å². The highest BCUT2D eigenvalue weighted by atomic mass is 19.1. The number of carbonyl (C=O) groups excluding carboxylic acids is 1. The van der Waals surface area contributed by atoms with Gasteiger partial charge in [-0.1, -0.05) is 12.1 Å². The Kier molecular flexibility index (Phi) is 3.41. The van der Waals surface area contributed by atoms with Crippen LogP contribution in [-0.4, -0.2) is 42.0 Å². The molecule has 0 bridgehead atoms. The Labute approximate surface area is 116 Å². The summed E-state index contributed by atoms with van der Waals surface area (Å²) in [5, 5.41) is 0. The third kappa shape index (κ3) is 2.39. The molecule has 5 heteroatoms. The Bertz CT molecular complexity index is 589. The van der Waals surface area contributed by atoms with Crippen molar-refractivity contribution in [2.45, 2.75) is 0 Å². The standard InChI is InChI=1S/C15H16FN3O/c16-12-4-1-2-6-14(12)18-8-10-19(11-9-18)15(20)13-5-3-7-17-13/h1-7,17H,8-11H2. The number of para-hydroxylation sites is 1. The highest BCUT2D eigenvalue weighted by Crippen LogP contribution is 2.20. The van der Waals surface area contributed by atoms with Crippen LogP contribution < -0.4 is 4.90 Å². The zero-order chi connectivity index (χ0) is 13.9. The number of aromatic nitrogens is 1. The van der Waals surface area contributed by atoms with Crippen molar-refractivity contribution >= 4 is 11.6 Å². The van der Waals surface area contributed by atoms with E-state index in [4.69, 9.17) is 0 Å². The van der Waals surface area contributed by atoms with Gasteiger partial charge in [-0.3, -0.25) is 4.79 Å². The van der Waals surface area contributed by atoms with Crippen LogP contribution in [0, 0.1) is 5.82 Å². The molecule has 2 aromatic rings. The average Bonchev–Trinajstić information content (AvgIpc) is 3.01. The van der Waals surface area contributed by atoms with E-state index in [1.165, 1.54) is 6.07 Å². The second-order valence-electron chi connectivity index (χ2n) is 4.81. The molecule has 1 N–H and O–H groups in total. The lowest BCUT2D eigenvalue weighted by Crippen LogP contribution is -2.49. The van der Waals surface area contributed by atoms with Crippen molar-refractivity contribution in [2.24, 2.45) is 0 Å². The van der Waals surface area contributed by atoms with E-state index in [-0.39, 0.29) is 11.7 Å². The lowest BCUT2D eigenvalue weighted by Gasteiger charge is -2.36. The topological polar surface area (TPSA) is 39.3 Å². The molecule has 0 aliphatic carbocycles. The molecule has 1 aromatic carbocycles. The molecule has 4 nitrogen and oxygen atoms in total. The van der Waals surface area contributed by atoms with Gasteiger partial charge in [0.25, 0.3) is 5.91 Å². The molecule has 20 heavy (non-hydrogen) atoms. The first-order chi connectivity index (χ1) is 9.75. The molecule has 1 aliphatic heterocycles. The summed E-state index contributed by atoms with van der Waals surface area (Å²) in [5.74, 6) is -0.208. The molecule has 1 saturated heterocycles. The van der Waals surface area contributed by atoms with Gasteiger partial charge in [0.2, 0.25) is 0 Å². The number of hydrogen-bond donors (Lipinski definition) is 1. The summed E-state index contributed by atoms with van der Waals surface area (Å²) < 4.78 is 13.7. The van der Waals surface area contributed by atoms with Crippen molar-refractivity contribution in [3.05, 3.63) is 54.1 Å². The Hall–Kier alpha value is -2.30. The zero-order valence-corrected chi connectivity index (χ0v) is 11.1. The summed E-state index contributed by atoms with van der Waals surface area (Å²) in [4.78, 5) is 18.9. The van der Waals surface area contributed by atoms with E-state index in [2.05, 4.69) is 4.98 Å². The normalized spacial score (nSPS) is 15.4. The molecule has 3 rings (SSSR count). The number of hydrogen-bond acceptors (Lipinski definition) is 2. The van der Waals surface area contributed by atoms with Crippen LogP contribution in [0.3, 0.4) is 0 Å². The van der Waals surface area contributed by atoms with E-state index in [0.29, 0.717) is 37.6 Å². The van der Waals surface area contributed by atoms with Crippen LogP contribution in [-0.2, 0) is 0 Å². The first-order valence-corrected chi connectivity index (χ1v) is 6.68. The van der Waals surface area contributed by atoms with Crippen LogP contribution in [0.2, 0.25) is 0 Å². The molecule has 104 valence electrons. The van der Waals surface area contributed by atoms with E-state index < -0.39 is 0 Å². The number of amides is 1. The number of halogens is 1. The molecule has 0 unspecified atom stereocenters. The van der Waals surface area contributed by atoms with Gasteiger partial charge in [-0.15, -0.1) is 0 Å². The molecule has 0 saturated carbocycles. The SMILES string of the molecule is O=C(c1ccc[nH]1)N1CCN(c2ccccc2F)CC1. The first kappa shape index (κ1) is 12.7. The number of carbonyl (C=O) groups is 1. The van der Waals surface area contributed by atoms with Gasteiger partial charge in [0, 0.05) is 32.4 Å². The van der Waals surface area contributed by atoms with Gasteiger partial charge in [0.15, 0.2) is 0 Å². The summed E-state index contributed by atoms with van der Waals surface area (Å²) in [5.41, 5.74) is 1.21. The maximum Gasteiger partial charge on any atom is 0.270 e. The molecule has 1 amide bonds. The number of aromatic amines is 1. The van der Waals surface area contributed by atoms with E-state index in [1.807, 2.05) is 17.0 Å². The van der Waals surface area contributed by atoms with Crippen LogP contribution >= 0.6 is 0 Å². The third-order valence-electron chi connectivity index (χ3n) is 3.59. The Balaban J connectivity index is 1.65. The van der Waals surface area contributed by atoms with Crippen LogP contribution in [0.15, 0.2) is 42.6 Å². The molecule has 0 spiro atoms. The number of H-pyrrole nitrogens is 1. The van der Waals surface area contributed by atoms with Crippen LogP contribution in [0.4, 0.5) is 10.1 Å². The summed E-state index contributed by atoms with van der Waals surface area (Å²) in [6.07, 6.45) is 1.74. The fraction of sp³-hybridized carbons (Fsp3) is 0.267. The van der Waals surface area contributed by atoms with Gasteiger partial charge in [0.05, 0.1) is 5.69 Å². The summed E-state index contributed by atoms with van der Waals surface area (Å²) in [6, 6.07) is 10.3. The van der Waals surface area contributed by atoms with E-state index in [0.717, 1.165) is 0 Å². The molecular weight excluding hydrogens is 257 g/mol. The second-order valence-corrected chi connectivity index (χ2v) is 4.81. The van der Waals surface area contributed by atoms with Crippen molar-refractivity contribution in [1.82, 2.24) is 9.88 Å². The Morgan fingerprint density at radius 2 is 1.80 bits per heavy atom. The van der Waals surface area contributed by atoms with Crippen molar-refractivity contribution in [3.8, 4) is 0 Å². The van der Waals surface area contributed by atoms with Crippen molar-refractivity contribution in [2.75, 3.05) is 31.1 Å². The largest absolute Gasteiger partial charge is 0.366 e. The minimum absolute atomic E-state index is 0.00295. The smallest absolute Gasteiger partial charge is 0.270 e. The monoisotopic (exact) mass is 273 g/mol. The average molecular weight is 273 g/mol. The van der Waals surface area contributed by atoms with Crippen LogP contribution in [0.5, 0.6) is 0 Å². The highest BCUT2D eigenvalue weighted by Gasteiger charge is 2.23. The number of benzene rings is 1. The molecule has 0 atom stereocenters. The van der Waals surface area contributed by atoms with Crippen molar-refractivity contribution < 1.29 is 9.18 Å². The molecular formula is C15H16FN3O.